The first-order valence-corrected chi connectivity index (χ1v) is 6.25. The molecule has 1 aromatic rings. The molecule has 1 N–H and O–H groups in total. The van der Waals surface area contributed by atoms with Crippen molar-refractivity contribution in [1.29, 1.82) is 0 Å². The van der Waals surface area contributed by atoms with Gasteiger partial charge in [-0.15, -0.1) is 11.6 Å². The Morgan fingerprint density at radius 1 is 1.50 bits per heavy atom. The van der Waals surface area contributed by atoms with E-state index in [1.165, 1.54) is 0 Å². The monoisotopic (exact) mass is 243 g/mol. The summed E-state index contributed by atoms with van der Waals surface area (Å²) in [6.07, 6.45) is 2.95. The summed E-state index contributed by atoms with van der Waals surface area (Å²) < 4.78 is 1.82. The lowest BCUT2D eigenvalue weighted by molar-refractivity contribution is 0.259. The molecule has 92 valence electrons. The zero-order chi connectivity index (χ0) is 12.2. The van der Waals surface area contributed by atoms with E-state index < -0.39 is 0 Å². The second kappa shape index (κ2) is 5.69. The van der Waals surface area contributed by atoms with Gasteiger partial charge >= 0.3 is 0 Å². The van der Waals surface area contributed by atoms with Gasteiger partial charge in [0, 0.05) is 31.7 Å². The molecule has 0 amide bonds. The van der Waals surface area contributed by atoms with E-state index >= 15 is 0 Å². The Morgan fingerprint density at radius 2 is 2.19 bits per heavy atom. The van der Waals surface area contributed by atoms with Crippen LogP contribution in [0.1, 0.15) is 32.9 Å². The molecule has 1 aromatic heterocycles. The molecule has 1 atom stereocenters. The summed E-state index contributed by atoms with van der Waals surface area (Å²) in [6.45, 7) is 7.50. The zero-order valence-corrected chi connectivity index (χ0v) is 11.4. The molecule has 16 heavy (non-hydrogen) atoms. The SMILES string of the molecule is Cn1ccc(CNC(CCCl)C(C)(C)C)n1. The van der Waals surface area contributed by atoms with Gasteiger partial charge in [-0.2, -0.15) is 5.10 Å². The van der Waals surface area contributed by atoms with Crippen molar-refractivity contribution < 1.29 is 0 Å². The van der Waals surface area contributed by atoms with E-state index in [4.69, 9.17) is 11.6 Å². The molecule has 4 heteroatoms. The second-order valence-electron chi connectivity index (χ2n) is 5.26. The number of nitrogens with zero attached hydrogens (tertiary/aromatic N) is 2. The third kappa shape index (κ3) is 4.14. The fraction of sp³-hybridized carbons (Fsp3) is 0.750. The highest BCUT2D eigenvalue weighted by molar-refractivity contribution is 6.17. The third-order valence-corrected chi connectivity index (χ3v) is 2.96. The average Bonchev–Trinajstić information content (AvgIpc) is 2.57. The molecule has 1 heterocycles. The van der Waals surface area contributed by atoms with Crippen molar-refractivity contribution in [3.8, 4) is 0 Å². The molecule has 0 fully saturated rings. The molecule has 0 bridgehead atoms. The Morgan fingerprint density at radius 3 is 2.62 bits per heavy atom. The van der Waals surface area contributed by atoms with Crippen LogP contribution in [0.5, 0.6) is 0 Å². The Balaban J connectivity index is 2.50. The van der Waals surface area contributed by atoms with E-state index in [-0.39, 0.29) is 5.41 Å². The normalized spacial score (nSPS) is 14.1. The largest absolute Gasteiger partial charge is 0.308 e. The predicted octanol–water partition coefficient (Wildman–Crippen LogP) is 2.55. The number of nitrogens with one attached hydrogen (secondary N) is 1. The van der Waals surface area contributed by atoms with Crippen molar-refractivity contribution in [2.75, 3.05) is 5.88 Å². The minimum atomic E-state index is 0.226. The van der Waals surface area contributed by atoms with E-state index in [9.17, 15) is 0 Å². The van der Waals surface area contributed by atoms with Crippen LogP contribution in [0.2, 0.25) is 0 Å². The van der Waals surface area contributed by atoms with E-state index in [2.05, 4.69) is 31.2 Å². The Hall–Kier alpha value is -0.540. The summed E-state index contributed by atoms with van der Waals surface area (Å²) in [5.74, 6) is 0.692. The van der Waals surface area contributed by atoms with Crippen LogP contribution < -0.4 is 5.32 Å². The molecule has 0 aliphatic rings. The van der Waals surface area contributed by atoms with Crippen molar-refractivity contribution in [3.63, 3.8) is 0 Å². The molecule has 0 saturated heterocycles. The Kier molecular flexibility index (Phi) is 4.81. The molecule has 1 unspecified atom stereocenters. The highest BCUT2D eigenvalue weighted by Gasteiger charge is 2.23. The molecular weight excluding hydrogens is 222 g/mol. The van der Waals surface area contributed by atoms with Crippen LogP contribution in [0, 0.1) is 5.41 Å². The molecule has 0 aromatic carbocycles. The average molecular weight is 244 g/mol. The van der Waals surface area contributed by atoms with Crippen LogP contribution in [-0.4, -0.2) is 21.7 Å². The highest BCUT2D eigenvalue weighted by atomic mass is 35.5. The van der Waals surface area contributed by atoms with Crippen LogP contribution in [0.3, 0.4) is 0 Å². The summed E-state index contributed by atoms with van der Waals surface area (Å²) >= 11 is 5.83. The van der Waals surface area contributed by atoms with Crippen LogP contribution >= 0.6 is 11.6 Å². The van der Waals surface area contributed by atoms with Gasteiger partial charge in [0.2, 0.25) is 0 Å². The second-order valence-corrected chi connectivity index (χ2v) is 5.64. The number of aryl methyl sites for hydroxylation is 1. The standard InChI is InChI=1S/C12H22ClN3/c1-12(2,3)11(5-7-13)14-9-10-6-8-16(4)15-10/h6,8,11,14H,5,7,9H2,1-4H3. The lowest BCUT2D eigenvalue weighted by Gasteiger charge is -2.31. The number of alkyl halides is 1. The fourth-order valence-corrected chi connectivity index (χ4v) is 1.95. The first-order valence-electron chi connectivity index (χ1n) is 5.71. The van der Waals surface area contributed by atoms with Gasteiger partial charge in [-0.05, 0) is 17.9 Å². The van der Waals surface area contributed by atoms with Crippen molar-refractivity contribution in [2.45, 2.75) is 39.8 Å². The van der Waals surface area contributed by atoms with Gasteiger partial charge < -0.3 is 5.32 Å². The first kappa shape index (κ1) is 13.5. The van der Waals surface area contributed by atoms with Gasteiger partial charge in [0.05, 0.1) is 5.69 Å². The smallest absolute Gasteiger partial charge is 0.0762 e. The lowest BCUT2D eigenvalue weighted by Crippen LogP contribution is -2.40. The van der Waals surface area contributed by atoms with Gasteiger partial charge in [0.15, 0.2) is 0 Å². The van der Waals surface area contributed by atoms with E-state index in [1.807, 2.05) is 24.0 Å². The summed E-state index contributed by atoms with van der Waals surface area (Å²) in [5.41, 5.74) is 1.30. The van der Waals surface area contributed by atoms with E-state index in [1.54, 1.807) is 0 Å². The van der Waals surface area contributed by atoms with Crippen LogP contribution in [0.25, 0.3) is 0 Å². The molecule has 0 aliphatic carbocycles. The predicted molar refractivity (Wildman–Crippen MR) is 68.6 cm³/mol. The summed E-state index contributed by atoms with van der Waals surface area (Å²) in [5, 5.41) is 7.88. The maximum atomic E-state index is 5.83. The summed E-state index contributed by atoms with van der Waals surface area (Å²) in [7, 11) is 1.93. The topological polar surface area (TPSA) is 29.9 Å². The minimum Gasteiger partial charge on any atom is -0.308 e. The number of hydrogen-bond donors (Lipinski definition) is 1. The number of aromatic nitrogens is 2. The molecule has 1 rings (SSSR count). The Bertz CT molecular complexity index is 314. The van der Waals surface area contributed by atoms with Crippen molar-refractivity contribution in [2.24, 2.45) is 12.5 Å². The van der Waals surface area contributed by atoms with Crippen LogP contribution in [-0.2, 0) is 13.6 Å². The Labute approximate surface area is 103 Å². The summed E-state index contributed by atoms with van der Waals surface area (Å²) in [4.78, 5) is 0. The van der Waals surface area contributed by atoms with Gasteiger partial charge in [-0.1, -0.05) is 20.8 Å². The molecule has 0 aliphatic heterocycles. The lowest BCUT2D eigenvalue weighted by atomic mass is 9.85. The first-order chi connectivity index (χ1) is 7.43. The van der Waals surface area contributed by atoms with Crippen LogP contribution in [0.4, 0.5) is 0 Å². The van der Waals surface area contributed by atoms with Crippen molar-refractivity contribution >= 4 is 11.6 Å². The molecular formula is C12H22ClN3. The van der Waals surface area contributed by atoms with E-state index in [0.717, 1.165) is 18.7 Å². The van der Waals surface area contributed by atoms with Gasteiger partial charge in [0.1, 0.15) is 0 Å². The van der Waals surface area contributed by atoms with Crippen molar-refractivity contribution in [1.82, 2.24) is 15.1 Å². The molecule has 0 spiro atoms. The fourth-order valence-electron chi connectivity index (χ4n) is 1.74. The molecule has 0 saturated carbocycles. The van der Waals surface area contributed by atoms with Crippen LogP contribution in [0.15, 0.2) is 12.3 Å². The summed E-state index contributed by atoms with van der Waals surface area (Å²) in [6, 6.07) is 2.46. The zero-order valence-electron chi connectivity index (χ0n) is 10.6. The maximum absolute atomic E-state index is 5.83. The third-order valence-electron chi connectivity index (χ3n) is 2.74. The molecule has 0 radical (unpaired) electrons. The van der Waals surface area contributed by atoms with E-state index in [0.29, 0.717) is 11.9 Å². The van der Waals surface area contributed by atoms with Crippen molar-refractivity contribution in [3.05, 3.63) is 18.0 Å². The maximum Gasteiger partial charge on any atom is 0.0762 e. The number of halogens is 1. The number of rotatable bonds is 5. The quantitative estimate of drug-likeness (QED) is 0.806. The minimum absolute atomic E-state index is 0.226. The number of hydrogen-bond acceptors (Lipinski definition) is 2. The highest BCUT2D eigenvalue weighted by Crippen LogP contribution is 2.22. The van der Waals surface area contributed by atoms with Gasteiger partial charge in [-0.3, -0.25) is 4.68 Å². The molecule has 3 nitrogen and oxygen atoms in total. The van der Waals surface area contributed by atoms with Gasteiger partial charge in [-0.25, -0.2) is 0 Å². The van der Waals surface area contributed by atoms with Gasteiger partial charge in [0.25, 0.3) is 0 Å².